The first-order valence-corrected chi connectivity index (χ1v) is 9.90. The van der Waals surface area contributed by atoms with Crippen molar-refractivity contribution in [1.29, 1.82) is 0 Å². The Hall–Kier alpha value is -0.570. The third-order valence-electron chi connectivity index (χ3n) is 3.03. The molecule has 21 heavy (non-hydrogen) atoms. The van der Waals surface area contributed by atoms with Crippen LogP contribution < -0.4 is 10.0 Å². The minimum absolute atomic E-state index is 0.0877. The number of H-pyrrole nitrogens is 1. The van der Waals surface area contributed by atoms with Crippen molar-refractivity contribution < 1.29 is 8.42 Å². The first kappa shape index (κ1) is 18.5. The smallest absolute Gasteiger partial charge is 0.244 e. The van der Waals surface area contributed by atoms with Gasteiger partial charge in [-0.1, -0.05) is 13.8 Å². The lowest BCUT2D eigenvalue weighted by atomic mass is 10.3. The summed E-state index contributed by atoms with van der Waals surface area (Å²) in [5.41, 5.74) is 1.11. The molecule has 0 aliphatic carbocycles. The highest BCUT2D eigenvalue weighted by molar-refractivity contribution is 7.99. The second kappa shape index (κ2) is 8.77. The van der Waals surface area contributed by atoms with Crippen molar-refractivity contribution in [3.63, 3.8) is 0 Å². The van der Waals surface area contributed by atoms with Gasteiger partial charge in [-0.05, 0) is 38.3 Å². The number of nitrogens with zero attached hydrogens (tertiary/aromatic N) is 1. The van der Waals surface area contributed by atoms with Gasteiger partial charge in [-0.15, -0.1) is 0 Å². The van der Waals surface area contributed by atoms with Crippen molar-refractivity contribution in [3.8, 4) is 0 Å². The van der Waals surface area contributed by atoms with Gasteiger partial charge in [-0.25, -0.2) is 13.1 Å². The number of hydrogen-bond acceptors (Lipinski definition) is 5. The third kappa shape index (κ3) is 5.61. The van der Waals surface area contributed by atoms with Gasteiger partial charge >= 0.3 is 0 Å². The summed E-state index contributed by atoms with van der Waals surface area (Å²) in [5, 5.41) is 9.96. The van der Waals surface area contributed by atoms with E-state index >= 15 is 0 Å². The summed E-state index contributed by atoms with van der Waals surface area (Å²) >= 11 is 1.81. The van der Waals surface area contributed by atoms with Gasteiger partial charge in [0.15, 0.2) is 0 Å². The number of rotatable bonds is 10. The minimum Gasteiger partial charge on any atom is -0.311 e. The van der Waals surface area contributed by atoms with Crippen LogP contribution in [0.2, 0.25) is 0 Å². The average molecular weight is 335 g/mol. The van der Waals surface area contributed by atoms with Crippen molar-refractivity contribution in [3.05, 3.63) is 11.4 Å². The number of aromatic nitrogens is 2. The zero-order valence-electron chi connectivity index (χ0n) is 13.2. The molecule has 1 heterocycles. The lowest BCUT2D eigenvalue weighted by Gasteiger charge is -2.14. The van der Waals surface area contributed by atoms with Crippen LogP contribution in [-0.4, -0.2) is 42.7 Å². The third-order valence-corrected chi connectivity index (χ3v) is 5.75. The molecule has 8 heteroatoms. The van der Waals surface area contributed by atoms with Gasteiger partial charge in [-0.2, -0.15) is 16.9 Å². The van der Waals surface area contributed by atoms with Crippen LogP contribution >= 0.6 is 11.8 Å². The predicted molar refractivity (Wildman–Crippen MR) is 88.1 cm³/mol. The molecule has 0 bridgehead atoms. The van der Waals surface area contributed by atoms with E-state index in [1.165, 1.54) is 0 Å². The van der Waals surface area contributed by atoms with E-state index < -0.39 is 10.0 Å². The molecule has 1 unspecified atom stereocenters. The molecule has 0 aliphatic heterocycles. The standard InChI is InChI=1S/C13H26N4O2S2/c1-5-14-9-12-13(11(4)15-16-12)21(18,19)17-10(3)7-8-20-6-2/h10,14,17H,5-9H2,1-4H3,(H,15,16). The van der Waals surface area contributed by atoms with E-state index in [1.54, 1.807) is 6.92 Å². The van der Waals surface area contributed by atoms with Crippen molar-refractivity contribution >= 4 is 21.8 Å². The minimum atomic E-state index is -3.54. The number of thioether (sulfide) groups is 1. The number of nitrogens with one attached hydrogen (secondary N) is 3. The maximum atomic E-state index is 12.5. The molecule has 0 saturated heterocycles. The van der Waals surface area contributed by atoms with Crippen LogP contribution in [0.25, 0.3) is 0 Å². The van der Waals surface area contributed by atoms with Gasteiger partial charge in [0.05, 0.1) is 11.4 Å². The van der Waals surface area contributed by atoms with Crippen LogP contribution in [0.4, 0.5) is 0 Å². The molecule has 122 valence electrons. The van der Waals surface area contributed by atoms with Gasteiger partial charge in [0.25, 0.3) is 0 Å². The van der Waals surface area contributed by atoms with E-state index in [9.17, 15) is 8.42 Å². The molecule has 1 aromatic rings. The van der Waals surface area contributed by atoms with E-state index in [0.29, 0.717) is 17.9 Å². The Morgan fingerprint density at radius 2 is 2.10 bits per heavy atom. The molecule has 6 nitrogen and oxygen atoms in total. The second-order valence-corrected chi connectivity index (χ2v) is 7.96. The summed E-state index contributed by atoms with van der Waals surface area (Å²) in [5.74, 6) is 2.00. The predicted octanol–water partition coefficient (Wildman–Crippen LogP) is 1.64. The molecule has 1 rings (SSSR count). The van der Waals surface area contributed by atoms with E-state index in [2.05, 4.69) is 27.2 Å². The highest BCUT2D eigenvalue weighted by atomic mass is 32.2. The van der Waals surface area contributed by atoms with Crippen LogP contribution in [0.5, 0.6) is 0 Å². The first-order chi connectivity index (χ1) is 9.92. The molecule has 0 spiro atoms. The lowest BCUT2D eigenvalue weighted by molar-refractivity contribution is 0.554. The second-order valence-electron chi connectivity index (χ2n) is 4.91. The molecule has 0 aliphatic rings. The summed E-state index contributed by atoms with van der Waals surface area (Å²) in [4.78, 5) is 0.276. The number of sulfonamides is 1. The normalized spacial score (nSPS) is 13.5. The Bertz CT molecular complexity index is 528. The fraction of sp³-hybridized carbons (Fsp3) is 0.769. The molecular formula is C13H26N4O2S2. The topological polar surface area (TPSA) is 86.9 Å². The number of aryl methyl sites for hydroxylation is 1. The van der Waals surface area contributed by atoms with Crippen molar-refractivity contribution in [2.75, 3.05) is 18.1 Å². The zero-order chi connectivity index (χ0) is 15.9. The maximum Gasteiger partial charge on any atom is 0.244 e. The zero-order valence-corrected chi connectivity index (χ0v) is 14.8. The summed E-state index contributed by atoms with van der Waals surface area (Å²) in [7, 11) is -3.54. The maximum absolute atomic E-state index is 12.5. The summed E-state index contributed by atoms with van der Waals surface area (Å²) in [6, 6.07) is -0.0877. The van der Waals surface area contributed by atoms with E-state index in [4.69, 9.17) is 0 Å². The molecule has 0 fully saturated rings. The molecular weight excluding hydrogens is 308 g/mol. The van der Waals surface area contributed by atoms with E-state index in [-0.39, 0.29) is 10.9 Å². The fourth-order valence-corrected chi connectivity index (χ4v) is 4.43. The van der Waals surface area contributed by atoms with Crippen molar-refractivity contribution in [2.24, 2.45) is 0 Å². The van der Waals surface area contributed by atoms with Crippen LogP contribution in [0, 0.1) is 6.92 Å². The van der Waals surface area contributed by atoms with Gasteiger partial charge in [-0.3, -0.25) is 5.10 Å². The van der Waals surface area contributed by atoms with Gasteiger partial charge in [0.1, 0.15) is 4.90 Å². The van der Waals surface area contributed by atoms with E-state index in [1.807, 2.05) is 25.6 Å². The summed E-state index contributed by atoms with van der Waals surface area (Å²) in [6.07, 6.45) is 0.817. The molecule has 0 saturated carbocycles. The number of aromatic amines is 1. The molecule has 1 atom stereocenters. The van der Waals surface area contributed by atoms with Crippen LogP contribution in [0.3, 0.4) is 0 Å². The Labute approximate surface area is 131 Å². The SMILES string of the molecule is CCNCc1n[nH]c(C)c1S(=O)(=O)NC(C)CCSCC. The van der Waals surface area contributed by atoms with Crippen LogP contribution in [0.1, 0.15) is 38.6 Å². The highest BCUT2D eigenvalue weighted by Crippen LogP contribution is 2.18. The molecule has 0 aromatic carbocycles. The first-order valence-electron chi connectivity index (χ1n) is 7.27. The molecule has 1 aromatic heterocycles. The average Bonchev–Trinajstić information content (AvgIpc) is 2.78. The molecule has 3 N–H and O–H groups in total. The Morgan fingerprint density at radius 3 is 2.71 bits per heavy atom. The van der Waals surface area contributed by atoms with Crippen molar-refractivity contribution in [1.82, 2.24) is 20.2 Å². The van der Waals surface area contributed by atoms with Gasteiger partial charge in [0.2, 0.25) is 10.0 Å². The number of hydrogen-bond donors (Lipinski definition) is 3. The van der Waals surface area contributed by atoms with Gasteiger partial charge < -0.3 is 5.32 Å². The summed E-state index contributed by atoms with van der Waals surface area (Å²) < 4.78 is 27.8. The van der Waals surface area contributed by atoms with Crippen LogP contribution in [0.15, 0.2) is 4.90 Å². The fourth-order valence-electron chi connectivity index (χ4n) is 1.98. The summed E-state index contributed by atoms with van der Waals surface area (Å²) in [6.45, 7) is 8.91. The highest BCUT2D eigenvalue weighted by Gasteiger charge is 2.25. The Balaban J connectivity index is 2.80. The molecule has 0 amide bonds. The largest absolute Gasteiger partial charge is 0.311 e. The Morgan fingerprint density at radius 1 is 1.38 bits per heavy atom. The van der Waals surface area contributed by atoms with Crippen LogP contribution in [-0.2, 0) is 16.6 Å². The van der Waals surface area contributed by atoms with Gasteiger partial charge in [0, 0.05) is 12.6 Å². The monoisotopic (exact) mass is 334 g/mol. The van der Waals surface area contributed by atoms with E-state index in [0.717, 1.165) is 24.5 Å². The Kier molecular flexibility index (Phi) is 7.72. The molecule has 0 radical (unpaired) electrons. The quantitative estimate of drug-likeness (QED) is 0.566. The lowest BCUT2D eigenvalue weighted by Crippen LogP contribution is -2.34. The van der Waals surface area contributed by atoms with Crippen molar-refractivity contribution in [2.45, 2.75) is 51.6 Å².